The van der Waals surface area contributed by atoms with Crippen LogP contribution in [0.25, 0.3) is 11.5 Å². The van der Waals surface area contributed by atoms with Gasteiger partial charge in [-0.2, -0.15) is 4.98 Å². The van der Waals surface area contributed by atoms with Crippen LogP contribution < -0.4 is 5.32 Å². The minimum absolute atomic E-state index is 0.117. The molecule has 4 rings (SSSR count). The van der Waals surface area contributed by atoms with Crippen molar-refractivity contribution >= 4 is 11.6 Å². The van der Waals surface area contributed by atoms with Crippen molar-refractivity contribution in [2.24, 2.45) is 17.8 Å². The summed E-state index contributed by atoms with van der Waals surface area (Å²) in [4.78, 5) is 16.6. The lowest BCUT2D eigenvalue weighted by Crippen LogP contribution is -2.21. The van der Waals surface area contributed by atoms with Gasteiger partial charge in [-0.25, -0.2) is 0 Å². The molecule has 0 radical (unpaired) electrons. The Hall–Kier alpha value is -2.17. The van der Waals surface area contributed by atoms with Gasteiger partial charge in [-0.3, -0.25) is 4.79 Å². The number of para-hydroxylation sites is 1. The molecule has 1 amide bonds. The summed E-state index contributed by atoms with van der Waals surface area (Å²) in [6.07, 6.45) is 3.40. The number of carbonyl (C=O) groups is 1. The normalized spacial score (nSPS) is 26.4. The number of nitrogens with zero attached hydrogens (tertiary/aromatic N) is 2. The third kappa shape index (κ3) is 2.33. The summed E-state index contributed by atoms with van der Waals surface area (Å²) in [5.41, 5.74) is 1.52. The summed E-state index contributed by atoms with van der Waals surface area (Å²) in [5.74, 6) is 2.90. The Morgan fingerprint density at radius 1 is 1.24 bits per heavy atom. The van der Waals surface area contributed by atoms with E-state index in [0.29, 0.717) is 11.7 Å². The van der Waals surface area contributed by atoms with Crippen LogP contribution in [0.1, 0.15) is 25.1 Å². The molecule has 21 heavy (non-hydrogen) atoms. The fraction of sp³-hybridized carbons (Fsp3) is 0.438. The van der Waals surface area contributed by atoms with Gasteiger partial charge in [-0.1, -0.05) is 17.3 Å². The van der Waals surface area contributed by atoms with Crippen LogP contribution in [0, 0.1) is 24.7 Å². The number of aromatic nitrogens is 2. The fourth-order valence-electron chi connectivity index (χ4n) is 3.35. The molecule has 2 fully saturated rings. The van der Waals surface area contributed by atoms with Crippen molar-refractivity contribution in [1.29, 1.82) is 0 Å². The minimum Gasteiger partial charge on any atom is -0.334 e. The standard InChI is InChI=1S/C16H17N3O2/c1-9-17-16(21-19-9)13-4-2-3-5-14(13)18-15(20)12-7-10-6-11(10)8-12/h2-5,10-12H,6-8H2,1H3,(H,18,20). The molecule has 0 bridgehead atoms. The summed E-state index contributed by atoms with van der Waals surface area (Å²) in [6, 6.07) is 7.56. The number of amides is 1. The highest BCUT2D eigenvalue weighted by Crippen LogP contribution is 2.54. The molecule has 0 spiro atoms. The maximum Gasteiger partial charge on any atom is 0.260 e. The Kier molecular flexibility index (Phi) is 2.80. The van der Waals surface area contributed by atoms with Crippen LogP contribution in [0.2, 0.25) is 0 Å². The fourth-order valence-corrected chi connectivity index (χ4v) is 3.35. The molecule has 108 valence electrons. The van der Waals surface area contributed by atoms with Crippen LogP contribution in [0.5, 0.6) is 0 Å². The molecule has 1 aromatic heterocycles. The molecule has 0 saturated heterocycles. The number of hydrogen-bond donors (Lipinski definition) is 1. The van der Waals surface area contributed by atoms with E-state index >= 15 is 0 Å². The lowest BCUT2D eigenvalue weighted by Gasteiger charge is -2.13. The molecule has 2 saturated carbocycles. The van der Waals surface area contributed by atoms with Crippen LogP contribution in [0.4, 0.5) is 5.69 Å². The van der Waals surface area contributed by atoms with E-state index in [-0.39, 0.29) is 11.8 Å². The number of carbonyl (C=O) groups excluding carboxylic acids is 1. The first kappa shape index (κ1) is 12.6. The smallest absolute Gasteiger partial charge is 0.260 e. The van der Waals surface area contributed by atoms with Gasteiger partial charge in [-0.15, -0.1) is 0 Å². The predicted molar refractivity (Wildman–Crippen MR) is 77.4 cm³/mol. The second-order valence-electron chi connectivity index (χ2n) is 6.11. The van der Waals surface area contributed by atoms with Crippen molar-refractivity contribution in [3.63, 3.8) is 0 Å². The van der Waals surface area contributed by atoms with Gasteiger partial charge in [0.15, 0.2) is 5.82 Å². The molecular formula is C16H17N3O2. The molecule has 2 unspecified atom stereocenters. The SMILES string of the molecule is Cc1noc(-c2ccccc2NC(=O)C2CC3CC3C2)n1. The average Bonchev–Trinajstić information content (AvgIpc) is 2.89. The van der Waals surface area contributed by atoms with Crippen molar-refractivity contribution < 1.29 is 9.32 Å². The summed E-state index contributed by atoms with van der Waals surface area (Å²) in [6.45, 7) is 1.78. The highest BCUT2D eigenvalue weighted by Gasteiger charge is 2.48. The second-order valence-corrected chi connectivity index (χ2v) is 6.11. The van der Waals surface area contributed by atoms with Crippen molar-refractivity contribution in [2.45, 2.75) is 26.2 Å². The van der Waals surface area contributed by atoms with Gasteiger partial charge < -0.3 is 9.84 Å². The molecule has 2 atom stereocenters. The van der Waals surface area contributed by atoms with E-state index < -0.39 is 0 Å². The Bertz CT molecular complexity index is 684. The lowest BCUT2D eigenvalue weighted by molar-refractivity contribution is -0.120. The number of aryl methyl sites for hydroxylation is 1. The highest BCUT2D eigenvalue weighted by molar-refractivity contribution is 5.96. The number of fused-ring (bicyclic) bond motifs is 1. The number of anilines is 1. The maximum atomic E-state index is 12.4. The average molecular weight is 283 g/mol. The van der Waals surface area contributed by atoms with Gasteiger partial charge in [0.2, 0.25) is 5.91 Å². The Morgan fingerprint density at radius 2 is 2.00 bits per heavy atom. The monoisotopic (exact) mass is 283 g/mol. The first-order chi connectivity index (χ1) is 10.2. The van der Waals surface area contributed by atoms with E-state index in [9.17, 15) is 4.79 Å². The lowest BCUT2D eigenvalue weighted by atomic mass is 10.0. The van der Waals surface area contributed by atoms with E-state index in [1.54, 1.807) is 6.92 Å². The first-order valence-electron chi connectivity index (χ1n) is 7.41. The van der Waals surface area contributed by atoms with Crippen LogP contribution >= 0.6 is 0 Å². The Balaban J connectivity index is 1.56. The van der Waals surface area contributed by atoms with Gasteiger partial charge in [0.05, 0.1) is 11.3 Å². The van der Waals surface area contributed by atoms with Crippen molar-refractivity contribution in [2.75, 3.05) is 5.32 Å². The van der Waals surface area contributed by atoms with E-state index in [4.69, 9.17) is 4.52 Å². The largest absolute Gasteiger partial charge is 0.334 e. The molecule has 1 N–H and O–H groups in total. The summed E-state index contributed by atoms with van der Waals surface area (Å²) in [5, 5.41) is 6.84. The van der Waals surface area contributed by atoms with Crippen LogP contribution in [-0.2, 0) is 4.79 Å². The predicted octanol–water partition coefficient (Wildman–Crippen LogP) is 3.03. The zero-order valence-electron chi connectivity index (χ0n) is 11.9. The molecule has 2 aromatic rings. The quantitative estimate of drug-likeness (QED) is 0.940. The molecule has 5 nitrogen and oxygen atoms in total. The van der Waals surface area contributed by atoms with E-state index in [1.807, 2.05) is 24.3 Å². The number of rotatable bonds is 3. The van der Waals surface area contributed by atoms with Crippen molar-refractivity contribution in [3.05, 3.63) is 30.1 Å². The summed E-state index contributed by atoms with van der Waals surface area (Å²) < 4.78 is 5.21. The molecule has 1 heterocycles. The number of benzene rings is 1. The zero-order valence-corrected chi connectivity index (χ0v) is 11.9. The molecular weight excluding hydrogens is 266 g/mol. The second kappa shape index (κ2) is 4.69. The highest BCUT2D eigenvalue weighted by atomic mass is 16.5. The van der Waals surface area contributed by atoms with Crippen molar-refractivity contribution in [1.82, 2.24) is 10.1 Å². The van der Waals surface area contributed by atoms with E-state index in [2.05, 4.69) is 15.5 Å². The molecule has 2 aliphatic carbocycles. The van der Waals surface area contributed by atoms with Gasteiger partial charge in [0, 0.05) is 5.92 Å². The number of hydrogen-bond acceptors (Lipinski definition) is 4. The van der Waals surface area contributed by atoms with Gasteiger partial charge in [0.25, 0.3) is 5.89 Å². The van der Waals surface area contributed by atoms with Crippen LogP contribution in [-0.4, -0.2) is 16.0 Å². The van der Waals surface area contributed by atoms with Gasteiger partial charge >= 0.3 is 0 Å². The van der Waals surface area contributed by atoms with Gasteiger partial charge in [-0.05, 0) is 50.2 Å². The van der Waals surface area contributed by atoms with Crippen LogP contribution in [0.3, 0.4) is 0 Å². The van der Waals surface area contributed by atoms with Gasteiger partial charge in [0.1, 0.15) is 0 Å². The van der Waals surface area contributed by atoms with Crippen LogP contribution in [0.15, 0.2) is 28.8 Å². The third-order valence-corrected chi connectivity index (χ3v) is 4.56. The van der Waals surface area contributed by atoms with Crippen molar-refractivity contribution in [3.8, 4) is 11.5 Å². The molecule has 5 heteroatoms. The van der Waals surface area contributed by atoms with E-state index in [1.165, 1.54) is 6.42 Å². The maximum absolute atomic E-state index is 12.4. The third-order valence-electron chi connectivity index (χ3n) is 4.56. The molecule has 0 aliphatic heterocycles. The zero-order chi connectivity index (χ0) is 14.4. The molecule has 1 aromatic carbocycles. The Morgan fingerprint density at radius 3 is 2.71 bits per heavy atom. The summed E-state index contributed by atoms with van der Waals surface area (Å²) >= 11 is 0. The minimum atomic E-state index is 0.117. The topological polar surface area (TPSA) is 68.0 Å². The first-order valence-corrected chi connectivity index (χ1v) is 7.41. The number of nitrogens with one attached hydrogen (secondary N) is 1. The Labute approximate surface area is 122 Å². The van der Waals surface area contributed by atoms with E-state index in [0.717, 1.165) is 35.9 Å². The molecule has 2 aliphatic rings. The summed E-state index contributed by atoms with van der Waals surface area (Å²) in [7, 11) is 0.